The molecule has 0 aliphatic carbocycles. The second-order valence-corrected chi connectivity index (χ2v) is 7.16. The SMILES string of the molecule is Cc1nc(C(C)N2CCC(C)(C(=O)O)CC2)c(C)s1. The largest absolute Gasteiger partial charge is 0.481 e. The van der Waals surface area contributed by atoms with Gasteiger partial charge < -0.3 is 5.11 Å². The molecule has 1 saturated heterocycles. The molecular formula is C14H22N2O2S. The highest BCUT2D eigenvalue weighted by atomic mass is 32.1. The summed E-state index contributed by atoms with van der Waals surface area (Å²) >= 11 is 1.73. The van der Waals surface area contributed by atoms with Crippen molar-refractivity contribution < 1.29 is 9.90 Å². The lowest BCUT2D eigenvalue weighted by molar-refractivity contribution is -0.151. The molecule has 1 aromatic rings. The first kappa shape index (κ1) is 14.5. The highest BCUT2D eigenvalue weighted by molar-refractivity contribution is 7.11. The molecule has 106 valence electrons. The molecule has 19 heavy (non-hydrogen) atoms. The predicted octanol–water partition coefficient (Wildman–Crippen LogP) is 3.01. The minimum absolute atomic E-state index is 0.281. The van der Waals surface area contributed by atoms with Gasteiger partial charge >= 0.3 is 5.97 Å². The summed E-state index contributed by atoms with van der Waals surface area (Å²) in [7, 11) is 0. The van der Waals surface area contributed by atoms with E-state index in [0.717, 1.165) is 36.6 Å². The van der Waals surface area contributed by atoms with Gasteiger partial charge in [-0.25, -0.2) is 4.98 Å². The number of likely N-dealkylation sites (tertiary alicyclic amines) is 1. The van der Waals surface area contributed by atoms with Gasteiger partial charge in [-0.05, 0) is 53.6 Å². The van der Waals surface area contributed by atoms with E-state index in [0.29, 0.717) is 0 Å². The van der Waals surface area contributed by atoms with Crippen LogP contribution >= 0.6 is 11.3 Å². The molecule has 1 unspecified atom stereocenters. The van der Waals surface area contributed by atoms with Crippen LogP contribution in [0.2, 0.25) is 0 Å². The Morgan fingerprint density at radius 3 is 2.42 bits per heavy atom. The highest BCUT2D eigenvalue weighted by Crippen LogP contribution is 2.35. The van der Waals surface area contributed by atoms with Crippen LogP contribution < -0.4 is 0 Å². The monoisotopic (exact) mass is 282 g/mol. The molecule has 1 N–H and O–H groups in total. The Balaban J connectivity index is 2.06. The summed E-state index contributed by atoms with van der Waals surface area (Å²) in [5, 5.41) is 10.4. The lowest BCUT2D eigenvalue weighted by Crippen LogP contribution is -2.43. The van der Waals surface area contributed by atoms with Crippen molar-refractivity contribution >= 4 is 17.3 Å². The number of piperidine rings is 1. The van der Waals surface area contributed by atoms with Gasteiger partial charge in [-0.3, -0.25) is 9.69 Å². The molecule has 1 aliphatic heterocycles. The zero-order chi connectivity index (χ0) is 14.2. The minimum Gasteiger partial charge on any atom is -0.481 e. The van der Waals surface area contributed by atoms with Gasteiger partial charge in [0.1, 0.15) is 0 Å². The summed E-state index contributed by atoms with van der Waals surface area (Å²) in [4.78, 5) is 19.5. The third kappa shape index (κ3) is 2.82. The van der Waals surface area contributed by atoms with E-state index in [2.05, 4.69) is 23.7 Å². The van der Waals surface area contributed by atoms with Crippen LogP contribution in [-0.2, 0) is 4.79 Å². The summed E-state index contributed by atoms with van der Waals surface area (Å²) in [6.45, 7) is 9.84. The van der Waals surface area contributed by atoms with E-state index in [-0.39, 0.29) is 6.04 Å². The second kappa shape index (κ2) is 5.21. The summed E-state index contributed by atoms with van der Waals surface area (Å²) < 4.78 is 0. The maximum absolute atomic E-state index is 11.3. The molecular weight excluding hydrogens is 260 g/mol. The third-order valence-electron chi connectivity index (χ3n) is 4.30. The fraction of sp³-hybridized carbons (Fsp3) is 0.714. The van der Waals surface area contributed by atoms with Crippen molar-refractivity contribution in [3.63, 3.8) is 0 Å². The van der Waals surface area contributed by atoms with Crippen LogP contribution in [0.5, 0.6) is 0 Å². The van der Waals surface area contributed by atoms with Crippen LogP contribution in [0, 0.1) is 19.3 Å². The van der Waals surface area contributed by atoms with Crippen molar-refractivity contribution in [2.24, 2.45) is 5.41 Å². The van der Waals surface area contributed by atoms with E-state index in [1.807, 2.05) is 13.8 Å². The number of aromatic nitrogens is 1. The number of thiazole rings is 1. The number of aryl methyl sites for hydroxylation is 2. The average Bonchev–Trinajstić information content (AvgIpc) is 2.68. The second-order valence-electron chi connectivity index (χ2n) is 5.75. The number of hydrogen-bond donors (Lipinski definition) is 1. The fourth-order valence-electron chi connectivity index (χ4n) is 2.72. The van der Waals surface area contributed by atoms with Gasteiger partial charge in [0.05, 0.1) is 22.2 Å². The molecule has 1 aromatic heterocycles. The lowest BCUT2D eigenvalue weighted by atomic mass is 9.80. The van der Waals surface area contributed by atoms with E-state index in [4.69, 9.17) is 0 Å². The first-order valence-electron chi connectivity index (χ1n) is 6.75. The van der Waals surface area contributed by atoms with Crippen LogP contribution in [0.25, 0.3) is 0 Å². The zero-order valence-electron chi connectivity index (χ0n) is 12.1. The Hall–Kier alpha value is -0.940. The van der Waals surface area contributed by atoms with E-state index in [9.17, 15) is 9.90 Å². The molecule has 2 heterocycles. The van der Waals surface area contributed by atoms with Gasteiger partial charge in [0.2, 0.25) is 0 Å². The topological polar surface area (TPSA) is 53.4 Å². The van der Waals surface area contributed by atoms with Crippen molar-refractivity contribution in [3.8, 4) is 0 Å². The smallest absolute Gasteiger partial charge is 0.309 e. The van der Waals surface area contributed by atoms with E-state index >= 15 is 0 Å². The molecule has 1 atom stereocenters. The Morgan fingerprint density at radius 1 is 1.42 bits per heavy atom. The minimum atomic E-state index is -0.666. The lowest BCUT2D eigenvalue weighted by Gasteiger charge is -2.39. The van der Waals surface area contributed by atoms with Crippen molar-refractivity contribution in [2.75, 3.05) is 13.1 Å². The highest BCUT2D eigenvalue weighted by Gasteiger charge is 2.38. The maximum atomic E-state index is 11.3. The number of aliphatic carboxylic acids is 1. The van der Waals surface area contributed by atoms with Crippen molar-refractivity contribution in [1.82, 2.24) is 9.88 Å². The van der Waals surface area contributed by atoms with E-state index < -0.39 is 11.4 Å². The van der Waals surface area contributed by atoms with Gasteiger partial charge in [-0.1, -0.05) is 0 Å². The zero-order valence-corrected chi connectivity index (χ0v) is 12.9. The quantitative estimate of drug-likeness (QED) is 0.926. The Bertz CT molecular complexity index is 476. The fourth-order valence-corrected chi connectivity index (χ4v) is 3.63. The maximum Gasteiger partial charge on any atom is 0.309 e. The Kier molecular flexibility index (Phi) is 3.97. The Labute approximate surface area is 118 Å². The molecule has 0 radical (unpaired) electrons. The molecule has 1 fully saturated rings. The van der Waals surface area contributed by atoms with E-state index in [1.54, 1.807) is 11.3 Å². The van der Waals surface area contributed by atoms with Gasteiger partial charge in [-0.15, -0.1) is 11.3 Å². The van der Waals surface area contributed by atoms with Crippen molar-refractivity contribution in [3.05, 3.63) is 15.6 Å². The van der Waals surface area contributed by atoms with E-state index in [1.165, 1.54) is 4.88 Å². The molecule has 5 heteroatoms. The number of carboxylic acid groups (broad SMARTS) is 1. The third-order valence-corrected chi connectivity index (χ3v) is 5.20. The Morgan fingerprint density at radius 2 is 2.00 bits per heavy atom. The van der Waals surface area contributed by atoms with Crippen molar-refractivity contribution in [2.45, 2.75) is 46.6 Å². The number of rotatable bonds is 3. The van der Waals surface area contributed by atoms with Gasteiger partial charge in [0.25, 0.3) is 0 Å². The van der Waals surface area contributed by atoms with Crippen LogP contribution in [0.1, 0.15) is 48.3 Å². The molecule has 2 rings (SSSR count). The van der Waals surface area contributed by atoms with Crippen LogP contribution in [-0.4, -0.2) is 34.0 Å². The molecule has 1 aliphatic rings. The molecule has 0 amide bonds. The normalized spacial score (nSPS) is 21.3. The number of nitrogens with zero attached hydrogens (tertiary/aromatic N) is 2. The van der Waals surface area contributed by atoms with Gasteiger partial charge in [0.15, 0.2) is 0 Å². The number of carbonyl (C=O) groups is 1. The predicted molar refractivity (Wildman–Crippen MR) is 76.6 cm³/mol. The molecule has 4 nitrogen and oxygen atoms in total. The summed E-state index contributed by atoms with van der Waals surface area (Å²) in [5.41, 5.74) is 0.602. The number of carboxylic acids is 1. The molecule has 0 saturated carbocycles. The van der Waals surface area contributed by atoms with Gasteiger partial charge in [-0.2, -0.15) is 0 Å². The van der Waals surface area contributed by atoms with Crippen LogP contribution in [0.15, 0.2) is 0 Å². The standard InChI is InChI=1S/C14H22N2O2S/c1-9(12-10(2)19-11(3)15-12)16-7-5-14(4,6-8-16)13(17)18/h9H,5-8H2,1-4H3,(H,17,18). The molecule has 0 bridgehead atoms. The summed E-state index contributed by atoms with van der Waals surface area (Å²) in [6, 6.07) is 0.281. The number of hydrogen-bond acceptors (Lipinski definition) is 4. The first-order valence-corrected chi connectivity index (χ1v) is 7.56. The summed E-state index contributed by atoms with van der Waals surface area (Å²) in [6.07, 6.45) is 1.43. The van der Waals surface area contributed by atoms with Crippen LogP contribution in [0.4, 0.5) is 0 Å². The van der Waals surface area contributed by atoms with Crippen LogP contribution in [0.3, 0.4) is 0 Å². The molecule has 0 spiro atoms. The summed E-state index contributed by atoms with van der Waals surface area (Å²) in [5.74, 6) is -0.666. The first-order chi connectivity index (χ1) is 8.83. The van der Waals surface area contributed by atoms with Gasteiger partial charge in [0, 0.05) is 4.88 Å². The molecule has 0 aromatic carbocycles. The average molecular weight is 282 g/mol. The van der Waals surface area contributed by atoms with Crippen molar-refractivity contribution in [1.29, 1.82) is 0 Å².